The fourth-order valence-corrected chi connectivity index (χ4v) is 3.59. The highest BCUT2D eigenvalue weighted by molar-refractivity contribution is 7.11. The van der Waals surface area contributed by atoms with Crippen LogP contribution in [0.15, 0.2) is 48.5 Å². The molecule has 0 fully saturated rings. The predicted octanol–water partition coefficient (Wildman–Crippen LogP) is 4.09. The van der Waals surface area contributed by atoms with Gasteiger partial charge in [-0.1, -0.05) is 53.3 Å². The van der Waals surface area contributed by atoms with Crippen LogP contribution in [0.25, 0.3) is 0 Å². The Morgan fingerprint density at radius 1 is 1.07 bits per heavy atom. The van der Waals surface area contributed by atoms with Gasteiger partial charge in [0, 0.05) is 7.05 Å². The van der Waals surface area contributed by atoms with Crippen LogP contribution in [0.1, 0.15) is 32.7 Å². The van der Waals surface area contributed by atoms with Crippen molar-refractivity contribution in [2.75, 3.05) is 14.2 Å². The molecule has 2 amide bonds. The minimum absolute atomic E-state index is 0.172. The number of ether oxygens (including phenoxy) is 1. The summed E-state index contributed by atoms with van der Waals surface area (Å²) in [6.45, 7) is 4.36. The van der Waals surface area contributed by atoms with E-state index in [9.17, 15) is 4.79 Å². The summed E-state index contributed by atoms with van der Waals surface area (Å²) >= 11 is 1.49. The minimum atomic E-state index is -0.266. The van der Waals surface area contributed by atoms with Gasteiger partial charge in [-0.25, -0.2) is 4.79 Å². The Bertz CT molecular complexity index is 922. The molecule has 146 valence electrons. The smallest absolute Gasteiger partial charge is 0.318 e. The van der Waals surface area contributed by atoms with Gasteiger partial charge in [-0.15, -0.1) is 10.2 Å². The molecule has 2 aromatic carbocycles. The molecule has 0 aliphatic heterocycles. The average molecular weight is 397 g/mol. The van der Waals surface area contributed by atoms with Crippen LogP contribution in [0, 0.1) is 13.8 Å². The summed E-state index contributed by atoms with van der Waals surface area (Å²) in [6, 6.07) is 15.5. The first-order chi connectivity index (χ1) is 13.5. The van der Waals surface area contributed by atoms with Gasteiger partial charge in [-0.2, -0.15) is 0 Å². The lowest BCUT2D eigenvalue weighted by molar-refractivity contribution is 0.204. The quantitative estimate of drug-likeness (QED) is 0.681. The van der Waals surface area contributed by atoms with Gasteiger partial charge in [0.05, 0.1) is 19.7 Å². The van der Waals surface area contributed by atoms with Gasteiger partial charge in [-0.3, -0.25) is 0 Å². The molecular weight excluding hydrogens is 372 g/mol. The standard InChI is InChI=1S/C21H24N4O2S/c1-14-5-7-16(8-6-14)20(17-9-11-18(27-4)12-10-17)22-21(26)25(3)13-19-24-23-15(2)28-19/h5-12,20H,13H2,1-4H3,(H,22,26). The van der Waals surface area contributed by atoms with Gasteiger partial charge in [0.15, 0.2) is 0 Å². The molecule has 1 heterocycles. The second-order valence-electron chi connectivity index (χ2n) is 6.64. The SMILES string of the molecule is COc1ccc(C(NC(=O)N(C)Cc2nnc(C)s2)c2ccc(C)cc2)cc1. The molecule has 0 bridgehead atoms. The Morgan fingerprint density at radius 3 is 2.21 bits per heavy atom. The number of amides is 2. The summed E-state index contributed by atoms with van der Waals surface area (Å²) in [5, 5.41) is 12.9. The number of nitrogens with one attached hydrogen (secondary N) is 1. The molecule has 1 atom stereocenters. The molecule has 1 N–H and O–H groups in total. The van der Waals surface area contributed by atoms with E-state index in [4.69, 9.17) is 4.74 Å². The topological polar surface area (TPSA) is 67.3 Å². The van der Waals surface area contributed by atoms with E-state index >= 15 is 0 Å². The molecule has 1 unspecified atom stereocenters. The van der Waals surface area contributed by atoms with Gasteiger partial charge < -0.3 is 15.0 Å². The zero-order valence-corrected chi connectivity index (χ0v) is 17.3. The van der Waals surface area contributed by atoms with Crippen LogP contribution < -0.4 is 10.1 Å². The molecule has 0 aliphatic carbocycles. The van der Waals surface area contributed by atoms with Crippen molar-refractivity contribution < 1.29 is 9.53 Å². The molecule has 3 rings (SSSR count). The first-order valence-corrected chi connectivity index (χ1v) is 9.79. The van der Waals surface area contributed by atoms with Crippen LogP contribution >= 0.6 is 11.3 Å². The second kappa shape index (κ2) is 8.84. The fourth-order valence-electron chi connectivity index (χ4n) is 2.82. The predicted molar refractivity (Wildman–Crippen MR) is 111 cm³/mol. The maximum absolute atomic E-state index is 12.8. The Kier molecular flexibility index (Phi) is 6.26. The first-order valence-electron chi connectivity index (χ1n) is 8.97. The van der Waals surface area contributed by atoms with Gasteiger partial charge in [-0.05, 0) is 37.1 Å². The van der Waals surface area contributed by atoms with E-state index in [2.05, 4.69) is 15.5 Å². The van der Waals surface area contributed by atoms with Crippen molar-refractivity contribution in [1.82, 2.24) is 20.4 Å². The number of urea groups is 1. The highest BCUT2D eigenvalue weighted by atomic mass is 32.1. The third-order valence-corrected chi connectivity index (χ3v) is 5.24. The Balaban J connectivity index is 1.81. The highest BCUT2D eigenvalue weighted by Gasteiger charge is 2.20. The van der Waals surface area contributed by atoms with E-state index < -0.39 is 0 Å². The first kappa shape index (κ1) is 19.8. The monoisotopic (exact) mass is 396 g/mol. The van der Waals surface area contributed by atoms with Crippen LogP contribution in [-0.4, -0.2) is 35.3 Å². The van der Waals surface area contributed by atoms with Gasteiger partial charge in [0.1, 0.15) is 15.8 Å². The molecule has 0 spiro atoms. The maximum Gasteiger partial charge on any atom is 0.318 e. The van der Waals surface area contributed by atoms with Crippen molar-refractivity contribution in [1.29, 1.82) is 0 Å². The molecular formula is C21H24N4O2S. The molecule has 0 saturated carbocycles. The number of hydrogen-bond donors (Lipinski definition) is 1. The Hall–Kier alpha value is -2.93. The van der Waals surface area contributed by atoms with Crippen molar-refractivity contribution in [2.24, 2.45) is 0 Å². The molecule has 6 nitrogen and oxygen atoms in total. The number of carbonyl (C=O) groups is 1. The third kappa shape index (κ3) is 4.86. The second-order valence-corrected chi connectivity index (χ2v) is 7.90. The number of benzene rings is 2. The van der Waals surface area contributed by atoms with Gasteiger partial charge >= 0.3 is 6.03 Å². The van der Waals surface area contributed by atoms with Crippen LogP contribution in [0.5, 0.6) is 5.75 Å². The van der Waals surface area contributed by atoms with E-state index in [1.165, 1.54) is 16.9 Å². The summed E-state index contributed by atoms with van der Waals surface area (Å²) in [5.41, 5.74) is 3.18. The molecule has 0 radical (unpaired) electrons. The minimum Gasteiger partial charge on any atom is -0.497 e. The van der Waals surface area contributed by atoms with Crippen molar-refractivity contribution >= 4 is 17.4 Å². The number of hydrogen-bond acceptors (Lipinski definition) is 5. The molecule has 0 aliphatic rings. The lowest BCUT2D eigenvalue weighted by atomic mass is 9.98. The summed E-state index contributed by atoms with van der Waals surface area (Å²) in [6.07, 6.45) is 0. The lowest BCUT2D eigenvalue weighted by Crippen LogP contribution is -2.39. The van der Waals surface area contributed by atoms with E-state index in [-0.39, 0.29) is 12.1 Å². The molecule has 0 saturated heterocycles. The number of carbonyl (C=O) groups excluding carboxylic acids is 1. The maximum atomic E-state index is 12.8. The molecule has 3 aromatic rings. The van der Waals surface area contributed by atoms with Gasteiger partial charge in [0.2, 0.25) is 0 Å². The van der Waals surface area contributed by atoms with Crippen LogP contribution in [-0.2, 0) is 6.54 Å². The van der Waals surface area contributed by atoms with Gasteiger partial charge in [0.25, 0.3) is 0 Å². The molecule has 7 heteroatoms. The zero-order valence-electron chi connectivity index (χ0n) is 16.5. The van der Waals surface area contributed by atoms with Crippen molar-refractivity contribution in [3.63, 3.8) is 0 Å². The highest BCUT2D eigenvalue weighted by Crippen LogP contribution is 2.25. The average Bonchev–Trinajstić information content (AvgIpc) is 3.11. The Morgan fingerprint density at radius 2 is 1.68 bits per heavy atom. The molecule has 1 aromatic heterocycles. The number of aromatic nitrogens is 2. The normalized spacial score (nSPS) is 11.7. The summed E-state index contributed by atoms with van der Waals surface area (Å²) < 4.78 is 5.25. The largest absolute Gasteiger partial charge is 0.497 e. The third-order valence-electron chi connectivity index (χ3n) is 4.41. The number of rotatable bonds is 6. The van der Waals surface area contributed by atoms with Crippen molar-refractivity contribution in [2.45, 2.75) is 26.4 Å². The molecule has 28 heavy (non-hydrogen) atoms. The lowest BCUT2D eigenvalue weighted by Gasteiger charge is -2.24. The van der Waals surface area contributed by atoms with Crippen LogP contribution in [0.2, 0.25) is 0 Å². The van der Waals surface area contributed by atoms with E-state index in [0.29, 0.717) is 6.54 Å². The van der Waals surface area contributed by atoms with E-state index in [1.54, 1.807) is 19.1 Å². The zero-order chi connectivity index (χ0) is 20.1. The Labute approximate surface area is 169 Å². The fraction of sp³-hybridized carbons (Fsp3) is 0.286. The summed E-state index contributed by atoms with van der Waals surface area (Å²) in [4.78, 5) is 14.5. The number of methoxy groups -OCH3 is 1. The summed E-state index contributed by atoms with van der Waals surface area (Å²) in [7, 11) is 3.39. The van der Waals surface area contributed by atoms with E-state index in [0.717, 1.165) is 26.9 Å². The van der Waals surface area contributed by atoms with Crippen molar-refractivity contribution in [3.8, 4) is 5.75 Å². The van der Waals surface area contributed by atoms with Crippen molar-refractivity contribution in [3.05, 3.63) is 75.2 Å². The van der Waals surface area contributed by atoms with Crippen LogP contribution in [0.3, 0.4) is 0 Å². The van der Waals surface area contributed by atoms with E-state index in [1.807, 2.05) is 62.4 Å². The van der Waals surface area contributed by atoms with Crippen LogP contribution in [0.4, 0.5) is 4.79 Å². The number of aryl methyl sites for hydroxylation is 2. The number of nitrogens with zero attached hydrogens (tertiary/aromatic N) is 3. The summed E-state index contributed by atoms with van der Waals surface area (Å²) in [5.74, 6) is 0.779.